The minimum Gasteiger partial charge on any atom is -0.462 e. The van der Waals surface area contributed by atoms with Gasteiger partial charge in [0.25, 0.3) is 0 Å². The van der Waals surface area contributed by atoms with Crippen LogP contribution in [0.15, 0.2) is 24.0 Å². The van der Waals surface area contributed by atoms with Crippen LogP contribution >= 0.6 is 0 Å². The molecule has 0 aromatic carbocycles. The van der Waals surface area contributed by atoms with Crippen LogP contribution < -0.4 is 5.73 Å². The van der Waals surface area contributed by atoms with E-state index < -0.39 is 6.04 Å². The average Bonchev–Trinajstić information content (AvgIpc) is 2.94. The van der Waals surface area contributed by atoms with Crippen molar-refractivity contribution in [3.8, 4) is 0 Å². The van der Waals surface area contributed by atoms with Gasteiger partial charge in [-0.15, -0.1) is 0 Å². The molecule has 2 heterocycles. The number of esters is 1. The Morgan fingerprint density at radius 2 is 2.38 bits per heavy atom. The first-order valence-electron chi connectivity index (χ1n) is 7.79. The van der Waals surface area contributed by atoms with Crippen LogP contribution in [0.2, 0.25) is 0 Å². The molecule has 2 aliphatic heterocycles. The molecular weight excluding hydrogens is 268 g/mol. The maximum Gasteiger partial charge on any atom is 0.322 e. The maximum absolute atomic E-state index is 11.7. The number of rotatable bonds is 6. The first-order chi connectivity index (χ1) is 10.1. The van der Waals surface area contributed by atoms with Crippen molar-refractivity contribution >= 4 is 5.97 Å². The quantitative estimate of drug-likeness (QED) is 0.761. The van der Waals surface area contributed by atoms with E-state index in [1.165, 1.54) is 5.57 Å². The zero-order chi connectivity index (χ0) is 15.2. The minimum atomic E-state index is -0.511. The Kier molecular flexibility index (Phi) is 5.82. The molecule has 21 heavy (non-hydrogen) atoms. The molecule has 5 nitrogen and oxygen atoms in total. The lowest BCUT2D eigenvalue weighted by Crippen LogP contribution is -2.34. The van der Waals surface area contributed by atoms with Crippen LogP contribution in [0.3, 0.4) is 0 Å². The highest BCUT2D eigenvalue weighted by molar-refractivity contribution is 5.75. The summed E-state index contributed by atoms with van der Waals surface area (Å²) >= 11 is 0. The molecule has 0 bridgehead atoms. The first-order valence-corrected chi connectivity index (χ1v) is 7.79. The summed E-state index contributed by atoms with van der Waals surface area (Å²) in [4.78, 5) is 13.8. The van der Waals surface area contributed by atoms with Gasteiger partial charge in [0.2, 0.25) is 0 Å². The van der Waals surface area contributed by atoms with Crippen LogP contribution in [-0.2, 0) is 14.3 Å². The van der Waals surface area contributed by atoms with Crippen LogP contribution in [0.4, 0.5) is 0 Å². The third kappa shape index (κ3) is 4.58. The van der Waals surface area contributed by atoms with Crippen molar-refractivity contribution in [2.24, 2.45) is 5.73 Å². The molecule has 1 saturated heterocycles. The molecule has 0 amide bonds. The number of hydrogen-bond acceptors (Lipinski definition) is 5. The second-order valence-electron chi connectivity index (χ2n) is 5.83. The fourth-order valence-corrected chi connectivity index (χ4v) is 2.63. The van der Waals surface area contributed by atoms with Crippen molar-refractivity contribution in [3.63, 3.8) is 0 Å². The number of nitrogens with two attached hydrogens (primary N) is 1. The average molecular weight is 294 g/mol. The van der Waals surface area contributed by atoms with Gasteiger partial charge in [0.1, 0.15) is 18.9 Å². The molecule has 0 spiro atoms. The standard InChI is InChI=1S/C16H26N2O3/c1-3-5-14(17)16(19)20-11-13-7-8-15(21-13)18-9-4-6-12(2)10-18/h4,9-10,13-15H,3,5-8,11,17H2,1-2H3. The molecule has 2 N–H and O–H groups in total. The summed E-state index contributed by atoms with van der Waals surface area (Å²) in [6.07, 6.45) is 10.7. The molecule has 0 aliphatic carbocycles. The predicted molar refractivity (Wildman–Crippen MR) is 81.1 cm³/mol. The predicted octanol–water partition coefficient (Wildman–Crippen LogP) is 2.29. The normalized spacial score (nSPS) is 26.6. The van der Waals surface area contributed by atoms with E-state index in [1.54, 1.807) is 0 Å². The second kappa shape index (κ2) is 7.61. The van der Waals surface area contributed by atoms with Gasteiger partial charge in [-0.05, 0) is 32.6 Å². The molecule has 0 aromatic heterocycles. The zero-order valence-corrected chi connectivity index (χ0v) is 13.0. The van der Waals surface area contributed by atoms with Crippen molar-refractivity contribution < 1.29 is 14.3 Å². The van der Waals surface area contributed by atoms with Crippen LogP contribution in [0.1, 0.15) is 46.0 Å². The van der Waals surface area contributed by atoms with E-state index in [0.29, 0.717) is 13.0 Å². The Morgan fingerprint density at radius 3 is 3.10 bits per heavy atom. The molecule has 118 valence electrons. The molecule has 1 fully saturated rings. The van der Waals surface area contributed by atoms with Crippen LogP contribution in [0, 0.1) is 0 Å². The molecule has 3 unspecified atom stereocenters. The highest BCUT2D eigenvalue weighted by Gasteiger charge is 2.30. The molecule has 5 heteroatoms. The molecule has 0 saturated carbocycles. The number of hydrogen-bond donors (Lipinski definition) is 1. The first kappa shape index (κ1) is 16.0. The highest BCUT2D eigenvalue weighted by atomic mass is 16.6. The molecule has 0 radical (unpaired) electrons. The Labute approximate surface area is 126 Å². The van der Waals surface area contributed by atoms with E-state index >= 15 is 0 Å². The lowest BCUT2D eigenvalue weighted by atomic mass is 10.1. The van der Waals surface area contributed by atoms with Crippen molar-refractivity contribution in [2.45, 2.75) is 64.3 Å². The minimum absolute atomic E-state index is 0.0307. The van der Waals surface area contributed by atoms with E-state index in [-0.39, 0.29) is 18.3 Å². The topological polar surface area (TPSA) is 64.8 Å². The number of ether oxygens (including phenoxy) is 2. The van der Waals surface area contributed by atoms with Gasteiger partial charge in [-0.1, -0.05) is 25.0 Å². The van der Waals surface area contributed by atoms with Crippen molar-refractivity contribution in [2.75, 3.05) is 6.61 Å². The zero-order valence-electron chi connectivity index (χ0n) is 13.0. The smallest absolute Gasteiger partial charge is 0.322 e. The molecular formula is C16H26N2O3. The molecule has 2 aliphatic rings. The highest BCUT2D eigenvalue weighted by Crippen LogP contribution is 2.26. The summed E-state index contributed by atoms with van der Waals surface area (Å²) in [5.74, 6) is -0.322. The van der Waals surface area contributed by atoms with Gasteiger partial charge >= 0.3 is 5.97 Å². The Balaban J connectivity index is 1.74. The summed E-state index contributed by atoms with van der Waals surface area (Å²) in [6.45, 7) is 4.41. The van der Waals surface area contributed by atoms with Crippen LogP contribution in [0.25, 0.3) is 0 Å². The molecule has 0 aromatic rings. The Hall–Kier alpha value is -1.33. The van der Waals surface area contributed by atoms with Gasteiger partial charge in [-0.25, -0.2) is 0 Å². The summed E-state index contributed by atoms with van der Waals surface area (Å²) in [7, 11) is 0. The van der Waals surface area contributed by atoms with E-state index in [1.807, 2.05) is 6.92 Å². The van der Waals surface area contributed by atoms with Crippen molar-refractivity contribution in [3.05, 3.63) is 24.0 Å². The number of allylic oxidation sites excluding steroid dienone is 2. The van der Waals surface area contributed by atoms with Crippen LogP contribution in [-0.4, -0.2) is 35.8 Å². The van der Waals surface area contributed by atoms with Gasteiger partial charge < -0.3 is 20.1 Å². The van der Waals surface area contributed by atoms with Gasteiger partial charge in [0.15, 0.2) is 0 Å². The monoisotopic (exact) mass is 294 g/mol. The van der Waals surface area contributed by atoms with Gasteiger partial charge in [-0.2, -0.15) is 0 Å². The summed E-state index contributed by atoms with van der Waals surface area (Å²) in [5, 5.41) is 0. The van der Waals surface area contributed by atoms with Crippen molar-refractivity contribution in [1.29, 1.82) is 0 Å². The van der Waals surface area contributed by atoms with Gasteiger partial charge in [0.05, 0.1) is 6.10 Å². The molecule has 2 rings (SSSR count). The largest absolute Gasteiger partial charge is 0.462 e. The van der Waals surface area contributed by atoms with Crippen LogP contribution in [0.5, 0.6) is 0 Å². The number of carbonyl (C=O) groups excluding carboxylic acids is 1. The fraction of sp³-hybridized carbons (Fsp3) is 0.688. The summed E-state index contributed by atoms with van der Waals surface area (Å²) in [6, 6.07) is -0.511. The van der Waals surface area contributed by atoms with Gasteiger partial charge in [-0.3, -0.25) is 4.79 Å². The third-order valence-electron chi connectivity index (χ3n) is 3.82. The van der Waals surface area contributed by atoms with Gasteiger partial charge in [0, 0.05) is 12.4 Å². The number of nitrogens with zero attached hydrogens (tertiary/aromatic N) is 1. The van der Waals surface area contributed by atoms with E-state index in [0.717, 1.165) is 25.7 Å². The number of carbonyl (C=O) groups is 1. The summed E-state index contributed by atoms with van der Waals surface area (Å²) < 4.78 is 11.2. The van der Waals surface area contributed by atoms with E-state index in [2.05, 4.69) is 30.3 Å². The molecule has 3 atom stereocenters. The van der Waals surface area contributed by atoms with Crippen molar-refractivity contribution in [1.82, 2.24) is 4.90 Å². The SMILES string of the molecule is CCCC(N)C(=O)OCC1CCC(N2C=CCC(C)=C2)O1. The second-order valence-corrected chi connectivity index (χ2v) is 5.83. The summed E-state index contributed by atoms with van der Waals surface area (Å²) in [5.41, 5.74) is 7.05. The van der Waals surface area contributed by atoms with E-state index in [4.69, 9.17) is 15.2 Å². The Morgan fingerprint density at radius 1 is 1.57 bits per heavy atom. The maximum atomic E-state index is 11.7. The van der Waals surface area contributed by atoms with E-state index in [9.17, 15) is 4.79 Å². The third-order valence-corrected chi connectivity index (χ3v) is 3.82. The Bertz CT molecular complexity index is 420. The lowest BCUT2D eigenvalue weighted by molar-refractivity contribution is -0.150. The fourth-order valence-electron chi connectivity index (χ4n) is 2.63. The lowest BCUT2D eigenvalue weighted by Gasteiger charge is -2.27.